The number of aryl methyl sites for hydroxylation is 2. The van der Waals surface area contributed by atoms with Crippen LogP contribution in [0, 0.1) is 18.8 Å². The molecule has 6 rings (SSSR count). The molecule has 2 aliphatic rings. The molecule has 10 heteroatoms. The molecule has 0 spiro atoms. The van der Waals surface area contributed by atoms with Crippen LogP contribution in [0.4, 0.5) is 5.82 Å². The summed E-state index contributed by atoms with van der Waals surface area (Å²) in [5.41, 5.74) is 3.58. The second-order valence-electron chi connectivity index (χ2n) is 10.8. The van der Waals surface area contributed by atoms with Gasteiger partial charge in [0.05, 0.1) is 24.2 Å². The Bertz CT molecular complexity index is 1480. The molecule has 0 aliphatic carbocycles. The van der Waals surface area contributed by atoms with E-state index in [1.165, 1.54) is 0 Å². The van der Waals surface area contributed by atoms with Crippen molar-refractivity contribution in [2.75, 3.05) is 44.3 Å². The minimum atomic E-state index is 0.0500. The first-order valence-corrected chi connectivity index (χ1v) is 13.7. The van der Waals surface area contributed by atoms with Crippen molar-refractivity contribution in [3.63, 3.8) is 0 Å². The molecule has 0 saturated carbocycles. The maximum atomic E-state index is 12.4. The molecule has 10 nitrogen and oxygen atoms in total. The fourth-order valence-electron chi connectivity index (χ4n) is 5.74. The number of aromatic nitrogens is 6. The number of carbonyl (C=O) groups is 1. The van der Waals surface area contributed by atoms with Crippen LogP contribution >= 0.6 is 0 Å². The molecule has 4 aromatic rings. The van der Waals surface area contributed by atoms with E-state index in [-0.39, 0.29) is 11.8 Å². The van der Waals surface area contributed by atoms with Crippen molar-refractivity contribution in [1.82, 2.24) is 34.0 Å². The zero-order valence-corrected chi connectivity index (χ0v) is 22.7. The van der Waals surface area contributed by atoms with E-state index >= 15 is 0 Å². The Labute approximate surface area is 222 Å². The molecule has 5 heterocycles. The third-order valence-electron chi connectivity index (χ3n) is 7.91. The maximum Gasteiger partial charge on any atom is 0.239 e. The molecule has 0 N–H and O–H groups in total. The highest BCUT2D eigenvalue weighted by atomic mass is 16.5. The van der Waals surface area contributed by atoms with Gasteiger partial charge in [0.25, 0.3) is 0 Å². The van der Waals surface area contributed by atoms with Gasteiger partial charge in [0, 0.05) is 45.6 Å². The van der Waals surface area contributed by atoms with E-state index in [4.69, 9.17) is 24.7 Å². The fraction of sp³-hybridized carbons (Fsp3) is 0.536. The molecule has 2 saturated heterocycles. The normalized spacial score (nSPS) is 17.3. The Kier molecular flexibility index (Phi) is 6.51. The number of benzene rings is 1. The number of imidazole rings is 2. The van der Waals surface area contributed by atoms with Crippen LogP contribution in [0.15, 0.2) is 24.3 Å². The highest BCUT2D eigenvalue weighted by Crippen LogP contribution is 2.30. The van der Waals surface area contributed by atoms with Gasteiger partial charge in [-0.2, -0.15) is 9.97 Å². The van der Waals surface area contributed by atoms with Gasteiger partial charge in [0.1, 0.15) is 11.6 Å². The van der Waals surface area contributed by atoms with E-state index in [0.29, 0.717) is 25.1 Å². The molecule has 2 aliphatic heterocycles. The number of hydrogen-bond donors (Lipinski definition) is 0. The number of likely N-dealkylation sites (tertiary alicyclic amines) is 1. The largest absolute Gasteiger partial charge is 0.378 e. The first-order valence-electron chi connectivity index (χ1n) is 13.7. The molecule has 38 heavy (non-hydrogen) atoms. The zero-order valence-electron chi connectivity index (χ0n) is 22.7. The number of para-hydroxylation sites is 2. The number of hydrogen-bond acceptors (Lipinski definition) is 7. The van der Waals surface area contributed by atoms with Crippen molar-refractivity contribution in [2.24, 2.45) is 18.9 Å². The number of nitrogens with zero attached hydrogens (tertiary/aromatic N) is 8. The van der Waals surface area contributed by atoms with E-state index in [0.717, 1.165) is 85.1 Å². The van der Waals surface area contributed by atoms with Crippen molar-refractivity contribution in [1.29, 1.82) is 0 Å². The summed E-state index contributed by atoms with van der Waals surface area (Å²) in [6, 6.07) is 8.09. The summed E-state index contributed by atoms with van der Waals surface area (Å²) in [6.45, 7) is 10.5. The van der Waals surface area contributed by atoms with Crippen molar-refractivity contribution in [3.05, 3.63) is 35.9 Å². The predicted molar refractivity (Wildman–Crippen MR) is 147 cm³/mol. The number of morpholine rings is 1. The summed E-state index contributed by atoms with van der Waals surface area (Å²) < 4.78 is 9.79. The Morgan fingerprint density at radius 3 is 2.50 bits per heavy atom. The molecule has 200 valence electrons. The van der Waals surface area contributed by atoms with Crippen LogP contribution in [0.2, 0.25) is 0 Å². The molecule has 1 aromatic carbocycles. The van der Waals surface area contributed by atoms with Crippen LogP contribution in [0.3, 0.4) is 0 Å². The molecule has 0 radical (unpaired) electrons. The summed E-state index contributed by atoms with van der Waals surface area (Å²) in [5, 5.41) is 0. The van der Waals surface area contributed by atoms with Crippen LogP contribution in [0.5, 0.6) is 0 Å². The molecule has 1 amide bonds. The number of amides is 1. The van der Waals surface area contributed by atoms with Crippen molar-refractivity contribution < 1.29 is 9.53 Å². The molecule has 2 fully saturated rings. The summed E-state index contributed by atoms with van der Waals surface area (Å²) in [6.07, 6.45) is 2.85. The van der Waals surface area contributed by atoms with E-state index in [2.05, 4.69) is 22.6 Å². The van der Waals surface area contributed by atoms with Gasteiger partial charge < -0.3 is 19.1 Å². The van der Waals surface area contributed by atoms with Gasteiger partial charge in [-0.05, 0) is 37.8 Å². The highest BCUT2D eigenvalue weighted by Gasteiger charge is 2.28. The Morgan fingerprint density at radius 2 is 1.76 bits per heavy atom. The first-order chi connectivity index (χ1) is 18.4. The lowest BCUT2D eigenvalue weighted by molar-refractivity contribution is -0.135. The standard InChI is InChI=1S/C28H36N8O2/c1-18(2)27(37)35-11-9-20(10-12-35)17-23-30-24-25(33(23)4)31-28(32-26(24)34-13-15-38-16-14-34)36-19(3)29-21-7-5-6-8-22(21)36/h5-8,18,20H,9-17H2,1-4H3. The van der Waals surface area contributed by atoms with E-state index in [1.807, 2.05) is 48.4 Å². The Balaban J connectivity index is 1.38. The summed E-state index contributed by atoms with van der Waals surface area (Å²) in [4.78, 5) is 36.7. The van der Waals surface area contributed by atoms with Crippen LogP contribution in [-0.4, -0.2) is 79.3 Å². The number of carbonyl (C=O) groups excluding carboxylic acids is 1. The average Bonchev–Trinajstić information content (AvgIpc) is 3.44. The van der Waals surface area contributed by atoms with Crippen molar-refractivity contribution >= 4 is 33.9 Å². The third kappa shape index (κ3) is 4.40. The minimum absolute atomic E-state index is 0.0500. The molecular formula is C28H36N8O2. The number of fused-ring (bicyclic) bond motifs is 2. The molecule has 3 aromatic heterocycles. The topological polar surface area (TPSA) is 94.2 Å². The Morgan fingerprint density at radius 1 is 1.03 bits per heavy atom. The smallest absolute Gasteiger partial charge is 0.239 e. The lowest BCUT2D eigenvalue weighted by atomic mass is 9.92. The SMILES string of the molecule is Cc1nc2ccccc2n1-c1nc(N2CCOCC2)c2nc(CC3CCN(C(=O)C(C)C)CC3)n(C)c2n1. The summed E-state index contributed by atoms with van der Waals surface area (Å²) in [5.74, 6) is 4.12. The molecule has 0 unspecified atom stereocenters. The summed E-state index contributed by atoms with van der Waals surface area (Å²) in [7, 11) is 2.06. The number of anilines is 1. The van der Waals surface area contributed by atoms with Crippen molar-refractivity contribution in [2.45, 2.75) is 40.0 Å². The quantitative estimate of drug-likeness (QED) is 0.402. The van der Waals surface area contributed by atoms with Crippen LogP contribution in [-0.2, 0) is 23.0 Å². The second-order valence-corrected chi connectivity index (χ2v) is 10.8. The van der Waals surface area contributed by atoms with E-state index in [1.54, 1.807) is 0 Å². The van der Waals surface area contributed by atoms with Crippen LogP contribution in [0.1, 0.15) is 38.3 Å². The number of rotatable bonds is 5. The summed E-state index contributed by atoms with van der Waals surface area (Å²) >= 11 is 0. The van der Waals surface area contributed by atoms with Crippen LogP contribution < -0.4 is 4.90 Å². The number of piperidine rings is 1. The Hall–Kier alpha value is -3.53. The van der Waals surface area contributed by atoms with E-state index < -0.39 is 0 Å². The maximum absolute atomic E-state index is 12.4. The van der Waals surface area contributed by atoms with Crippen molar-refractivity contribution in [3.8, 4) is 5.95 Å². The molecule has 0 atom stereocenters. The highest BCUT2D eigenvalue weighted by molar-refractivity contribution is 5.86. The molecule has 0 bridgehead atoms. The van der Waals surface area contributed by atoms with E-state index in [9.17, 15) is 4.79 Å². The van der Waals surface area contributed by atoms with Gasteiger partial charge in [0.15, 0.2) is 17.0 Å². The van der Waals surface area contributed by atoms with Gasteiger partial charge in [-0.25, -0.2) is 9.97 Å². The lowest BCUT2D eigenvalue weighted by Gasteiger charge is -2.33. The molecular weight excluding hydrogens is 480 g/mol. The third-order valence-corrected chi connectivity index (χ3v) is 7.91. The second kappa shape index (κ2) is 9.98. The van der Waals surface area contributed by atoms with Gasteiger partial charge in [-0.3, -0.25) is 9.36 Å². The minimum Gasteiger partial charge on any atom is -0.378 e. The zero-order chi connectivity index (χ0) is 26.4. The van der Waals surface area contributed by atoms with Gasteiger partial charge in [-0.1, -0.05) is 26.0 Å². The van der Waals surface area contributed by atoms with Crippen LogP contribution in [0.25, 0.3) is 28.1 Å². The first kappa shape index (κ1) is 24.8. The van der Waals surface area contributed by atoms with Gasteiger partial charge >= 0.3 is 0 Å². The monoisotopic (exact) mass is 516 g/mol. The number of ether oxygens (including phenoxy) is 1. The average molecular weight is 517 g/mol. The fourth-order valence-corrected chi connectivity index (χ4v) is 5.74. The van der Waals surface area contributed by atoms with Gasteiger partial charge in [-0.15, -0.1) is 0 Å². The van der Waals surface area contributed by atoms with Gasteiger partial charge in [0.2, 0.25) is 11.9 Å². The predicted octanol–water partition coefficient (Wildman–Crippen LogP) is 3.28. The lowest BCUT2D eigenvalue weighted by Crippen LogP contribution is -2.41.